The van der Waals surface area contributed by atoms with Crippen molar-refractivity contribution in [3.8, 4) is 5.75 Å². The lowest BCUT2D eigenvalue weighted by Gasteiger charge is -2.11. The van der Waals surface area contributed by atoms with Gasteiger partial charge in [0, 0.05) is 17.9 Å². The zero-order valence-electron chi connectivity index (χ0n) is 16.5. The first kappa shape index (κ1) is 19.4. The smallest absolute Gasteiger partial charge is 0.274 e. The second-order valence-electron chi connectivity index (χ2n) is 6.62. The topological polar surface area (TPSA) is 76.1 Å². The van der Waals surface area contributed by atoms with Gasteiger partial charge in [-0.1, -0.05) is 24.3 Å². The first-order chi connectivity index (χ1) is 13.5. The molecule has 0 saturated carbocycles. The van der Waals surface area contributed by atoms with E-state index in [9.17, 15) is 4.79 Å². The van der Waals surface area contributed by atoms with Crippen molar-refractivity contribution in [1.29, 1.82) is 0 Å². The molecule has 2 N–H and O–H groups in total. The van der Waals surface area contributed by atoms with Gasteiger partial charge in [0.1, 0.15) is 11.4 Å². The van der Waals surface area contributed by atoms with E-state index in [-0.39, 0.29) is 5.91 Å². The van der Waals surface area contributed by atoms with Crippen LogP contribution < -0.4 is 15.4 Å². The lowest BCUT2D eigenvalue weighted by molar-refractivity contribution is 0.102. The van der Waals surface area contributed by atoms with Crippen LogP contribution >= 0.6 is 0 Å². The Balaban J connectivity index is 1.73. The lowest BCUT2D eigenvalue weighted by atomic mass is 10.1. The molecular formula is C22H24N4O2. The summed E-state index contributed by atoms with van der Waals surface area (Å²) in [6, 6.07) is 15.2. The zero-order chi connectivity index (χ0) is 20.1. The number of nitrogens with one attached hydrogen (secondary N) is 2. The number of rotatable bonds is 6. The standard InChI is InChI=1S/C22H24N4O2/c1-14-6-5-7-19(16(14)3)25-21(27)20-12-15(2)24-22(26-20)23-13-17-8-10-18(28-4)11-9-17/h5-12H,13H2,1-4H3,(H,25,27)(H,23,24,26). The molecule has 1 heterocycles. The molecule has 3 aromatic rings. The Morgan fingerprint density at radius 2 is 1.79 bits per heavy atom. The van der Waals surface area contributed by atoms with Crippen LogP contribution in [0, 0.1) is 20.8 Å². The van der Waals surface area contributed by atoms with Crippen molar-refractivity contribution in [2.45, 2.75) is 27.3 Å². The van der Waals surface area contributed by atoms with E-state index in [1.807, 2.05) is 63.2 Å². The van der Waals surface area contributed by atoms with E-state index < -0.39 is 0 Å². The Kier molecular flexibility index (Phi) is 5.89. The van der Waals surface area contributed by atoms with Crippen molar-refractivity contribution in [2.75, 3.05) is 17.7 Å². The predicted molar refractivity (Wildman–Crippen MR) is 111 cm³/mol. The molecule has 0 spiro atoms. The molecule has 1 aromatic heterocycles. The van der Waals surface area contributed by atoms with Gasteiger partial charge in [-0.2, -0.15) is 0 Å². The van der Waals surface area contributed by atoms with E-state index in [0.29, 0.717) is 18.2 Å². The maximum absolute atomic E-state index is 12.7. The Hall–Kier alpha value is -3.41. The molecule has 0 fully saturated rings. The Labute approximate surface area is 165 Å². The quantitative estimate of drug-likeness (QED) is 0.672. The summed E-state index contributed by atoms with van der Waals surface area (Å²) in [6.07, 6.45) is 0. The van der Waals surface area contributed by atoms with Gasteiger partial charge in [0.15, 0.2) is 0 Å². The van der Waals surface area contributed by atoms with E-state index in [2.05, 4.69) is 20.6 Å². The van der Waals surface area contributed by atoms with Crippen molar-refractivity contribution < 1.29 is 9.53 Å². The number of nitrogens with zero attached hydrogens (tertiary/aromatic N) is 2. The number of anilines is 2. The fraction of sp³-hybridized carbons (Fsp3) is 0.227. The highest BCUT2D eigenvalue weighted by Crippen LogP contribution is 2.19. The third kappa shape index (κ3) is 4.65. The molecule has 0 atom stereocenters. The summed E-state index contributed by atoms with van der Waals surface area (Å²) in [5.41, 5.74) is 5.06. The lowest BCUT2D eigenvalue weighted by Crippen LogP contribution is -2.17. The second-order valence-corrected chi connectivity index (χ2v) is 6.62. The fourth-order valence-electron chi connectivity index (χ4n) is 2.76. The molecule has 0 aliphatic carbocycles. The molecule has 6 nitrogen and oxygen atoms in total. The van der Waals surface area contributed by atoms with E-state index >= 15 is 0 Å². The van der Waals surface area contributed by atoms with Crippen LogP contribution in [0.5, 0.6) is 5.75 Å². The van der Waals surface area contributed by atoms with E-state index in [0.717, 1.165) is 33.8 Å². The van der Waals surface area contributed by atoms with Gasteiger partial charge in [0.05, 0.1) is 7.11 Å². The van der Waals surface area contributed by atoms with Crippen molar-refractivity contribution in [3.05, 3.63) is 76.6 Å². The maximum Gasteiger partial charge on any atom is 0.274 e. The number of amides is 1. The van der Waals surface area contributed by atoms with Crippen molar-refractivity contribution in [2.24, 2.45) is 0 Å². The second kappa shape index (κ2) is 8.52. The fourth-order valence-corrected chi connectivity index (χ4v) is 2.76. The SMILES string of the molecule is COc1ccc(CNc2nc(C)cc(C(=O)Nc3cccc(C)c3C)n2)cc1. The number of aromatic nitrogens is 2. The van der Waals surface area contributed by atoms with Crippen LogP contribution in [0.15, 0.2) is 48.5 Å². The van der Waals surface area contributed by atoms with E-state index in [4.69, 9.17) is 4.74 Å². The molecule has 2 aromatic carbocycles. The summed E-state index contributed by atoms with van der Waals surface area (Å²) in [5.74, 6) is 0.967. The molecule has 1 amide bonds. The van der Waals surface area contributed by atoms with Gasteiger partial charge in [-0.25, -0.2) is 9.97 Å². The Morgan fingerprint density at radius 3 is 2.50 bits per heavy atom. The average Bonchev–Trinajstić information content (AvgIpc) is 2.70. The van der Waals surface area contributed by atoms with E-state index in [1.165, 1.54) is 0 Å². The van der Waals surface area contributed by atoms with Gasteiger partial charge in [-0.3, -0.25) is 4.79 Å². The van der Waals surface area contributed by atoms with Gasteiger partial charge in [-0.05, 0) is 61.7 Å². The molecule has 0 unspecified atom stereocenters. The van der Waals surface area contributed by atoms with Crippen LogP contribution in [0.1, 0.15) is 32.9 Å². The number of carbonyl (C=O) groups is 1. The van der Waals surface area contributed by atoms with Crippen LogP contribution in [0.3, 0.4) is 0 Å². The number of aryl methyl sites for hydroxylation is 2. The molecule has 144 valence electrons. The monoisotopic (exact) mass is 376 g/mol. The number of carbonyl (C=O) groups excluding carboxylic acids is 1. The number of methoxy groups -OCH3 is 1. The number of hydrogen-bond acceptors (Lipinski definition) is 5. The summed E-state index contributed by atoms with van der Waals surface area (Å²) >= 11 is 0. The highest BCUT2D eigenvalue weighted by Gasteiger charge is 2.12. The molecule has 0 aliphatic heterocycles. The van der Waals surface area contributed by atoms with Crippen LogP contribution in [0.4, 0.5) is 11.6 Å². The molecule has 0 bridgehead atoms. The van der Waals surface area contributed by atoms with Crippen molar-refractivity contribution in [3.63, 3.8) is 0 Å². The first-order valence-electron chi connectivity index (χ1n) is 9.06. The molecule has 6 heteroatoms. The number of ether oxygens (including phenoxy) is 1. The minimum absolute atomic E-state index is 0.258. The number of benzene rings is 2. The summed E-state index contributed by atoms with van der Waals surface area (Å²) in [5, 5.41) is 6.11. The third-order valence-electron chi connectivity index (χ3n) is 4.55. The van der Waals surface area contributed by atoms with Crippen molar-refractivity contribution >= 4 is 17.5 Å². The summed E-state index contributed by atoms with van der Waals surface area (Å²) in [6.45, 7) is 6.39. The average molecular weight is 376 g/mol. The molecular weight excluding hydrogens is 352 g/mol. The van der Waals surface area contributed by atoms with Gasteiger partial charge >= 0.3 is 0 Å². The minimum atomic E-state index is -0.258. The Bertz CT molecular complexity index is 984. The third-order valence-corrected chi connectivity index (χ3v) is 4.55. The number of hydrogen-bond donors (Lipinski definition) is 2. The summed E-state index contributed by atoms with van der Waals surface area (Å²) in [7, 11) is 1.64. The zero-order valence-corrected chi connectivity index (χ0v) is 16.5. The van der Waals surface area contributed by atoms with Crippen LogP contribution in [0.25, 0.3) is 0 Å². The van der Waals surface area contributed by atoms with E-state index in [1.54, 1.807) is 13.2 Å². The molecule has 0 aliphatic rings. The summed E-state index contributed by atoms with van der Waals surface area (Å²) in [4.78, 5) is 21.4. The first-order valence-corrected chi connectivity index (χ1v) is 9.06. The van der Waals surface area contributed by atoms with Gasteiger partial charge in [0.25, 0.3) is 5.91 Å². The highest BCUT2D eigenvalue weighted by molar-refractivity contribution is 6.03. The van der Waals surface area contributed by atoms with Gasteiger partial charge < -0.3 is 15.4 Å². The molecule has 28 heavy (non-hydrogen) atoms. The molecule has 0 saturated heterocycles. The highest BCUT2D eigenvalue weighted by atomic mass is 16.5. The predicted octanol–water partition coefficient (Wildman–Crippen LogP) is 4.27. The van der Waals surface area contributed by atoms with Gasteiger partial charge in [-0.15, -0.1) is 0 Å². The minimum Gasteiger partial charge on any atom is -0.497 e. The van der Waals surface area contributed by atoms with Gasteiger partial charge in [0.2, 0.25) is 5.95 Å². The Morgan fingerprint density at radius 1 is 1.04 bits per heavy atom. The normalized spacial score (nSPS) is 10.4. The molecule has 3 rings (SSSR count). The van der Waals surface area contributed by atoms with Crippen molar-refractivity contribution in [1.82, 2.24) is 9.97 Å². The largest absolute Gasteiger partial charge is 0.497 e. The van der Waals surface area contributed by atoms with Crippen LogP contribution in [0.2, 0.25) is 0 Å². The maximum atomic E-state index is 12.7. The van der Waals surface area contributed by atoms with Crippen LogP contribution in [-0.4, -0.2) is 23.0 Å². The summed E-state index contributed by atoms with van der Waals surface area (Å²) < 4.78 is 5.16. The van der Waals surface area contributed by atoms with Crippen LogP contribution in [-0.2, 0) is 6.54 Å². The molecule has 0 radical (unpaired) electrons.